The number of halogens is 3. The molecular weight excluding hydrogens is 321 g/mol. The van der Waals surface area contributed by atoms with E-state index in [0.717, 1.165) is 10.9 Å². The first-order chi connectivity index (χ1) is 10.7. The highest BCUT2D eigenvalue weighted by molar-refractivity contribution is 5.82. The minimum Gasteiger partial charge on any atom is -0.393 e. The second-order valence-electron chi connectivity index (χ2n) is 5.16. The molecule has 3 rings (SSSR count). The molecule has 3 atom stereocenters. The normalized spacial score (nSPS) is 28.6. The van der Waals surface area contributed by atoms with Crippen molar-refractivity contribution >= 4 is 22.9 Å². The number of nitrogen functional groups attached to an aromatic ring is 2. The fourth-order valence-electron chi connectivity index (χ4n) is 2.58. The Labute approximate surface area is 126 Å². The summed E-state index contributed by atoms with van der Waals surface area (Å²) >= 11 is 0. The quantitative estimate of drug-likeness (QED) is 0.578. The number of fused-ring (bicyclic) bond motifs is 1. The van der Waals surface area contributed by atoms with E-state index < -0.39 is 37.1 Å². The number of rotatable bonds is 2. The summed E-state index contributed by atoms with van der Waals surface area (Å²) in [5.41, 5.74) is 8.25. The molecule has 12 heteroatoms. The Morgan fingerprint density at radius 1 is 1.39 bits per heavy atom. The summed E-state index contributed by atoms with van der Waals surface area (Å²) in [5, 5.41) is 18.9. The van der Waals surface area contributed by atoms with Gasteiger partial charge in [0, 0.05) is 6.42 Å². The predicted molar refractivity (Wildman–Crippen MR) is 70.8 cm³/mol. The molecule has 1 aliphatic rings. The number of alkyl halides is 3. The van der Waals surface area contributed by atoms with Gasteiger partial charge < -0.3 is 26.4 Å². The molecule has 2 aromatic rings. The van der Waals surface area contributed by atoms with Gasteiger partial charge >= 0.3 is 6.18 Å². The molecular formula is C11H13F3N6O3. The van der Waals surface area contributed by atoms with E-state index in [2.05, 4.69) is 15.0 Å². The van der Waals surface area contributed by atoms with Crippen molar-refractivity contribution in [3.63, 3.8) is 0 Å². The van der Waals surface area contributed by atoms with Crippen molar-refractivity contribution in [3.8, 4) is 0 Å². The molecule has 0 unspecified atom stereocenters. The molecule has 0 bridgehead atoms. The Morgan fingerprint density at radius 2 is 2.09 bits per heavy atom. The number of imidazole rings is 1. The summed E-state index contributed by atoms with van der Waals surface area (Å²) in [6.45, 7) is -1.42. The largest absolute Gasteiger partial charge is 0.422 e. The van der Waals surface area contributed by atoms with Crippen molar-refractivity contribution in [1.82, 2.24) is 19.5 Å². The van der Waals surface area contributed by atoms with Crippen LogP contribution in [0.2, 0.25) is 0 Å². The van der Waals surface area contributed by atoms with Gasteiger partial charge in [-0.1, -0.05) is 0 Å². The van der Waals surface area contributed by atoms with Crippen LogP contribution in [0.4, 0.5) is 24.9 Å². The zero-order valence-corrected chi connectivity index (χ0v) is 11.5. The van der Waals surface area contributed by atoms with Gasteiger partial charge in [-0.25, -0.2) is 4.98 Å². The van der Waals surface area contributed by atoms with Crippen LogP contribution in [0, 0.1) is 0 Å². The van der Waals surface area contributed by atoms with Gasteiger partial charge in [-0.2, -0.15) is 23.1 Å². The van der Waals surface area contributed by atoms with Gasteiger partial charge in [-0.05, 0) is 0 Å². The summed E-state index contributed by atoms with van der Waals surface area (Å²) in [5.74, 6) is -0.214. The molecule has 23 heavy (non-hydrogen) atoms. The molecule has 3 heterocycles. The van der Waals surface area contributed by atoms with Gasteiger partial charge in [-0.3, -0.25) is 4.57 Å². The second-order valence-corrected chi connectivity index (χ2v) is 5.16. The van der Waals surface area contributed by atoms with Crippen LogP contribution in [-0.2, 0) is 4.74 Å². The van der Waals surface area contributed by atoms with Gasteiger partial charge in [0.25, 0.3) is 0 Å². The van der Waals surface area contributed by atoms with Crippen molar-refractivity contribution in [2.75, 3.05) is 18.1 Å². The van der Waals surface area contributed by atoms with E-state index in [4.69, 9.17) is 21.3 Å². The van der Waals surface area contributed by atoms with E-state index in [-0.39, 0.29) is 22.9 Å². The van der Waals surface area contributed by atoms with E-state index in [0.29, 0.717) is 0 Å². The Morgan fingerprint density at radius 3 is 2.65 bits per heavy atom. The van der Waals surface area contributed by atoms with Crippen LogP contribution >= 0.6 is 0 Å². The molecule has 1 fully saturated rings. The van der Waals surface area contributed by atoms with Crippen LogP contribution in [0.25, 0.3) is 11.2 Å². The predicted octanol–water partition coefficient (Wildman–Crippen LogP) is -0.436. The average Bonchev–Trinajstić information content (AvgIpc) is 2.99. The molecule has 0 aliphatic carbocycles. The van der Waals surface area contributed by atoms with Crippen molar-refractivity contribution in [1.29, 1.82) is 0 Å². The van der Waals surface area contributed by atoms with E-state index in [1.54, 1.807) is 0 Å². The number of ether oxygens (including phenoxy) is 1. The van der Waals surface area contributed by atoms with Crippen LogP contribution < -0.4 is 11.5 Å². The molecule has 2 aromatic heterocycles. The Kier molecular flexibility index (Phi) is 3.35. The van der Waals surface area contributed by atoms with Crippen molar-refractivity contribution in [2.24, 2.45) is 0 Å². The Balaban J connectivity index is 2.05. The average molecular weight is 334 g/mol. The van der Waals surface area contributed by atoms with Gasteiger partial charge in [0.1, 0.15) is 11.7 Å². The summed E-state index contributed by atoms with van der Waals surface area (Å²) in [4.78, 5) is 11.5. The van der Waals surface area contributed by atoms with Crippen LogP contribution in [0.3, 0.4) is 0 Å². The fourth-order valence-corrected chi connectivity index (χ4v) is 2.58. The van der Waals surface area contributed by atoms with Crippen molar-refractivity contribution < 1.29 is 28.1 Å². The maximum atomic E-state index is 13.2. The first kappa shape index (κ1) is 15.7. The van der Waals surface area contributed by atoms with Crippen molar-refractivity contribution in [2.45, 2.75) is 30.5 Å². The lowest BCUT2D eigenvalue weighted by Crippen LogP contribution is -2.55. The highest BCUT2D eigenvalue weighted by atomic mass is 19.4. The Hall–Kier alpha value is -2.18. The Bertz CT molecular complexity index is 750. The molecule has 0 saturated carbocycles. The monoisotopic (exact) mass is 334 g/mol. The van der Waals surface area contributed by atoms with Crippen molar-refractivity contribution in [3.05, 3.63) is 6.33 Å². The highest BCUT2D eigenvalue weighted by Crippen LogP contribution is 2.47. The molecule has 126 valence electrons. The SMILES string of the molecule is Nc1nc(N)c2ncn([C@H]3C[C@H](O)[C@](CO)(C(F)(F)F)O3)c2n1. The van der Waals surface area contributed by atoms with E-state index in [1.165, 1.54) is 0 Å². The number of anilines is 2. The number of hydrogen-bond donors (Lipinski definition) is 4. The zero-order chi connectivity index (χ0) is 17.0. The molecule has 0 amide bonds. The second kappa shape index (κ2) is 4.91. The molecule has 6 N–H and O–H groups in total. The van der Waals surface area contributed by atoms with Crippen LogP contribution in [0.5, 0.6) is 0 Å². The summed E-state index contributed by atoms with van der Waals surface area (Å²) in [7, 11) is 0. The van der Waals surface area contributed by atoms with E-state index in [1.807, 2.05) is 0 Å². The third-order valence-corrected chi connectivity index (χ3v) is 3.80. The third kappa shape index (κ3) is 2.17. The minimum absolute atomic E-state index is 0.0333. The molecule has 1 aliphatic heterocycles. The van der Waals surface area contributed by atoms with Gasteiger partial charge in [0.15, 0.2) is 11.5 Å². The third-order valence-electron chi connectivity index (χ3n) is 3.80. The number of nitrogens with zero attached hydrogens (tertiary/aromatic N) is 4. The standard InChI is InChI=1S/C11H13F3N6O3/c12-11(13,14)10(2-21)4(22)1-5(23-10)20-3-17-6-7(15)18-9(16)19-8(6)20/h3-5,21-22H,1-2H2,(H4,15,16,18,19)/t4-,5+,10+/m0/s1. The fraction of sp³-hybridized carbons (Fsp3) is 0.545. The van der Waals surface area contributed by atoms with E-state index >= 15 is 0 Å². The smallest absolute Gasteiger partial charge is 0.393 e. The molecule has 1 saturated heterocycles. The summed E-state index contributed by atoms with van der Waals surface area (Å²) in [6, 6.07) is 0. The zero-order valence-electron chi connectivity index (χ0n) is 11.5. The lowest BCUT2D eigenvalue weighted by molar-refractivity contribution is -0.305. The topological polar surface area (TPSA) is 145 Å². The van der Waals surface area contributed by atoms with Gasteiger partial charge in [0.2, 0.25) is 11.5 Å². The molecule has 0 aromatic carbocycles. The molecule has 0 radical (unpaired) electrons. The van der Waals surface area contributed by atoms with Gasteiger partial charge in [-0.15, -0.1) is 0 Å². The number of aromatic nitrogens is 4. The lowest BCUT2D eigenvalue weighted by Gasteiger charge is -2.32. The summed E-state index contributed by atoms with van der Waals surface area (Å²) in [6.07, 6.45) is -7.42. The van der Waals surface area contributed by atoms with Crippen LogP contribution in [0.1, 0.15) is 12.6 Å². The molecule has 9 nitrogen and oxygen atoms in total. The first-order valence-electron chi connectivity index (χ1n) is 6.48. The first-order valence-corrected chi connectivity index (χ1v) is 6.48. The number of aliphatic hydroxyl groups excluding tert-OH is 2. The minimum atomic E-state index is -4.96. The maximum absolute atomic E-state index is 13.2. The number of hydrogen-bond acceptors (Lipinski definition) is 8. The molecule has 0 spiro atoms. The maximum Gasteiger partial charge on any atom is 0.422 e. The van der Waals surface area contributed by atoms with Gasteiger partial charge in [0.05, 0.1) is 19.0 Å². The number of aliphatic hydroxyl groups is 2. The van der Waals surface area contributed by atoms with E-state index in [9.17, 15) is 18.3 Å². The summed E-state index contributed by atoms with van der Waals surface area (Å²) < 4.78 is 45.7. The highest BCUT2D eigenvalue weighted by Gasteiger charge is 2.65. The number of nitrogens with two attached hydrogens (primary N) is 2. The van der Waals surface area contributed by atoms with Crippen LogP contribution in [-0.4, -0.2) is 54.2 Å². The van der Waals surface area contributed by atoms with Crippen LogP contribution in [0.15, 0.2) is 6.33 Å². The lowest BCUT2D eigenvalue weighted by atomic mass is 9.97.